The number of rotatable bonds is 5. The van der Waals surface area contributed by atoms with Crippen LogP contribution in [0.2, 0.25) is 0 Å². The lowest BCUT2D eigenvalue weighted by Crippen LogP contribution is -2.22. The number of thiazole rings is 1. The van der Waals surface area contributed by atoms with Crippen LogP contribution in [-0.4, -0.2) is 28.5 Å². The van der Waals surface area contributed by atoms with Crippen molar-refractivity contribution in [3.8, 4) is 0 Å². The Labute approximate surface area is 174 Å². The van der Waals surface area contributed by atoms with Crippen LogP contribution < -0.4 is 4.80 Å². The van der Waals surface area contributed by atoms with Crippen molar-refractivity contribution >= 4 is 71.8 Å². The van der Waals surface area contributed by atoms with Crippen LogP contribution in [0.25, 0.3) is 16.3 Å². The molecular formula is C17H12BrN3O5S2. The van der Waals surface area contributed by atoms with E-state index in [4.69, 9.17) is 4.74 Å². The van der Waals surface area contributed by atoms with E-state index in [2.05, 4.69) is 20.9 Å². The number of nitro groups is 1. The van der Waals surface area contributed by atoms with Crippen molar-refractivity contribution in [1.82, 2.24) is 4.57 Å². The largest absolute Gasteiger partial charge is 0.468 e. The molecule has 2 heterocycles. The zero-order valence-corrected chi connectivity index (χ0v) is 17.5. The van der Waals surface area contributed by atoms with Gasteiger partial charge in [0, 0.05) is 21.5 Å². The Kier molecular flexibility index (Phi) is 6.17. The number of esters is 1. The number of benzene rings is 1. The molecule has 0 aliphatic rings. The zero-order chi connectivity index (χ0) is 20.3. The van der Waals surface area contributed by atoms with Crippen molar-refractivity contribution in [3.05, 3.63) is 60.7 Å². The Morgan fingerprint density at radius 2 is 2.11 bits per heavy atom. The van der Waals surface area contributed by atoms with Gasteiger partial charge in [-0.25, -0.2) is 0 Å². The van der Waals surface area contributed by atoms with E-state index in [0.717, 1.165) is 26.0 Å². The van der Waals surface area contributed by atoms with Gasteiger partial charge in [-0.3, -0.25) is 19.7 Å². The number of methoxy groups -OCH3 is 1. The lowest BCUT2D eigenvalue weighted by Gasteiger charge is -2.03. The van der Waals surface area contributed by atoms with Crippen LogP contribution in [0.1, 0.15) is 4.88 Å². The summed E-state index contributed by atoms with van der Waals surface area (Å²) < 4.78 is 8.05. The highest BCUT2D eigenvalue weighted by atomic mass is 79.9. The molecule has 11 heteroatoms. The molecule has 3 rings (SSSR count). The Hall–Kier alpha value is -2.63. The maximum atomic E-state index is 12.3. The molecule has 1 amide bonds. The summed E-state index contributed by atoms with van der Waals surface area (Å²) in [4.78, 5) is 39.2. The Bertz CT molecular complexity index is 1180. The van der Waals surface area contributed by atoms with Gasteiger partial charge in [0.25, 0.3) is 5.91 Å². The Morgan fingerprint density at radius 1 is 1.32 bits per heavy atom. The van der Waals surface area contributed by atoms with E-state index in [1.807, 2.05) is 18.2 Å². The van der Waals surface area contributed by atoms with Crippen LogP contribution >= 0.6 is 38.6 Å². The second-order valence-electron chi connectivity index (χ2n) is 5.38. The molecule has 2 aromatic heterocycles. The van der Waals surface area contributed by atoms with Crippen molar-refractivity contribution in [2.45, 2.75) is 6.54 Å². The number of thiophene rings is 1. The van der Waals surface area contributed by atoms with E-state index < -0.39 is 16.8 Å². The van der Waals surface area contributed by atoms with Gasteiger partial charge in [-0.15, -0.1) is 0 Å². The summed E-state index contributed by atoms with van der Waals surface area (Å²) in [5, 5.41) is 10.7. The molecule has 0 fully saturated rings. The summed E-state index contributed by atoms with van der Waals surface area (Å²) in [6.07, 6.45) is 2.70. The summed E-state index contributed by atoms with van der Waals surface area (Å²) in [6, 6.07) is 8.46. The topological polar surface area (TPSA) is 104 Å². The van der Waals surface area contributed by atoms with E-state index in [1.165, 1.54) is 36.7 Å². The highest BCUT2D eigenvalue weighted by Crippen LogP contribution is 2.25. The highest BCUT2D eigenvalue weighted by molar-refractivity contribution is 9.10. The molecule has 0 radical (unpaired) electrons. The molecule has 0 aliphatic carbocycles. The fraction of sp³-hybridized carbons (Fsp3) is 0.118. The summed E-state index contributed by atoms with van der Waals surface area (Å²) in [5.74, 6) is -1.00. The van der Waals surface area contributed by atoms with Crippen molar-refractivity contribution in [2.24, 2.45) is 4.99 Å². The SMILES string of the molecule is COC(=O)Cn1c(=NC(=O)C=Cc2ccc([N+](=O)[O-])s2)sc2cc(Br)ccc21. The highest BCUT2D eigenvalue weighted by Gasteiger charge is 2.12. The first-order chi connectivity index (χ1) is 13.4. The van der Waals surface area contributed by atoms with E-state index in [0.29, 0.717) is 9.68 Å². The average Bonchev–Trinajstić information content (AvgIpc) is 3.25. The number of nitrogens with zero attached hydrogens (tertiary/aromatic N) is 3. The van der Waals surface area contributed by atoms with Gasteiger partial charge in [0.05, 0.1) is 22.2 Å². The summed E-state index contributed by atoms with van der Waals surface area (Å²) in [7, 11) is 1.29. The van der Waals surface area contributed by atoms with Crippen molar-refractivity contribution < 1.29 is 19.2 Å². The number of aromatic nitrogens is 1. The van der Waals surface area contributed by atoms with Crippen LogP contribution in [0, 0.1) is 10.1 Å². The van der Waals surface area contributed by atoms with Gasteiger partial charge in [0.15, 0.2) is 4.80 Å². The Balaban J connectivity index is 1.95. The van der Waals surface area contributed by atoms with Crippen LogP contribution in [-0.2, 0) is 20.9 Å². The normalized spacial score (nSPS) is 12.0. The molecule has 0 N–H and O–H groups in total. The maximum absolute atomic E-state index is 12.3. The van der Waals surface area contributed by atoms with Crippen LogP contribution in [0.4, 0.5) is 5.00 Å². The van der Waals surface area contributed by atoms with Gasteiger partial charge < -0.3 is 9.30 Å². The first-order valence-corrected chi connectivity index (χ1v) is 10.2. The van der Waals surface area contributed by atoms with E-state index in [9.17, 15) is 19.7 Å². The van der Waals surface area contributed by atoms with Gasteiger partial charge in [-0.1, -0.05) is 38.6 Å². The number of hydrogen-bond donors (Lipinski definition) is 0. The number of amides is 1. The van der Waals surface area contributed by atoms with Gasteiger partial charge in [-0.2, -0.15) is 4.99 Å². The van der Waals surface area contributed by atoms with Crippen LogP contribution in [0.5, 0.6) is 0 Å². The number of ether oxygens (including phenoxy) is 1. The molecule has 0 saturated heterocycles. The molecule has 0 atom stereocenters. The lowest BCUT2D eigenvalue weighted by molar-refractivity contribution is -0.380. The summed E-state index contributed by atoms with van der Waals surface area (Å²) >= 11 is 5.62. The molecule has 144 valence electrons. The molecule has 8 nitrogen and oxygen atoms in total. The number of halogens is 1. The first kappa shape index (κ1) is 20.1. The van der Waals surface area contributed by atoms with Crippen molar-refractivity contribution in [1.29, 1.82) is 0 Å². The summed E-state index contributed by atoms with van der Waals surface area (Å²) in [6.45, 7) is -0.0783. The molecule has 0 bridgehead atoms. The summed E-state index contributed by atoms with van der Waals surface area (Å²) in [5.41, 5.74) is 0.753. The van der Waals surface area contributed by atoms with Crippen molar-refractivity contribution in [3.63, 3.8) is 0 Å². The quantitative estimate of drug-likeness (QED) is 0.239. The van der Waals surface area contributed by atoms with Gasteiger partial charge in [-0.05, 0) is 30.3 Å². The molecule has 1 aromatic carbocycles. The molecule has 0 aliphatic heterocycles. The molecular weight excluding hydrogens is 470 g/mol. The third-order valence-electron chi connectivity index (χ3n) is 3.55. The zero-order valence-electron chi connectivity index (χ0n) is 14.3. The second-order valence-corrected chi connectivity index (χ2v) is 8.39. The minimum absolute atomic E-state index is 0.00459. The first-order valence-electron chi connectivity index (χ1n) is 7.74. The minimum atomic E-state index is -0.541. The number of carbonyl (C=O) groups is 2. The third-order valence-corrected chi connectivity index (χ3v) is 6.08. The second kappa shape index (κ2) is 8.59. The van der Waals surface area contributed by atoms with E-state index in [1.54, 1.807) is 10.6 Å². The van der Waals surface area contributed by atoms with Gasteiger partial charge in [0.1, 0.15) is 6.54 Å². The minimum Gasteiger partial charge on any atom is -0.468 e. The lowest BCUT2D eigenvalue weighted by atomic mass is 10.3. The van der Waals surface area contributed by atoms with Crippen molar-refractivity contribution in [2.75, 3.05) is 7.11 Å². The predicted octanol–water partition coefficient (Wildman–Crippen LogP) is 3.75. The van der Waals surface area contributed by atoms with Crippen LogP contribution in [0.15, 0.2) is 45.9 Å². The smallest absolute Gasteiger partial charge is 0.325 e. The monoisotopic (exact) mass is 481 g/mol. The third kappa shape index (κ3) is 4.61. The molecule has 3 aromatic rings. The standard InChI is InChI=1S/C17H12BrN3O5S2/c1-26-16(23)9-20-12-5-2-10(18)8-13(12)28-17(20)19-14(22)6-3-11-4-7-15(27-11)21(24)25/h2-8H,9H2,1H3. The Morgan fingerprint density at radius 3 is 2.79 bits per heavy atom. The average molecular weight is 482 g/mol. The van der Waals surface area contributed by atoms with E-state index in [-0.39, 0.29) is 11.5 Å². The fourth-order valence-corrected chi connectivity index (χ4v) is 4.60. The molecule has 0 saturated carbocycles. The fourth-order valence-electron chi connectivity index (χ4n) is 2.29. The van der Waals surface area contributed by atoms with Gasteiger partial charge >= 0.3 is 11.0 Å². The molecule has 28 heavy (non-hydrogen) atoms. The molecule has 0 spiro atoms. The van der Waals surface area contributed by atoms with E-state index >= 15 is 0 Å². The maximum Gasteiger partial charge on any atom is 0.325 e. The van der Waals surface area contributed by atoms with Crippen LogP contribution in [0.3, 0.4) is 0 Å². The predicted molar refractivity (Wildman–Crippen MR) is 110 cm³/mol. The van der Waals surface area contributed by atoms with Gasteiger partial charge in [0.2, 0.25) is 0 Å². The molecule has 0 unspecified atom stereocenters. The number of hydrogen-bond acceptors (Lipinski definition) is 7. The number of carbonyl (C=O) groups excluding carboxylic acids is 2. The number of fused-ring (bicyclic) bond motifs is 1.